The molecule has 0 bridgehead atoms. The maximum Gasteiger partial charge on any atom is 0.0957 e. The number of piperidine rings is 1. The van der Waals surface area contributed by atoms with E-state index in [-0.39, 0.29) is 0 Å². The smallest absolute Gasteiger partial charge is 0.0957 e. The van der Waals surface area contributed by atoms with Gasteiger partial charge >= 0.3 is 0 Å². The number of ether oxygens (including phenoxy) is 1. The Morgan fingerprint density at radius 2 is 2.30 bits per heavy atom. The molecule has 1 aliphatic rings. The monoisotopic (exact) mass is 278 g/mol. The van der Waals surface area contributed by atoms with Crippen LogP contribution >= 0.6 is 0 Å². The number of anilines is 1. The third kappa shape index (κ3) is 3.93. The second kappa shape index (κ2) is 7.60. The highest BCUT2D eigenvalue weighted by Crippen LogP contribution is 2.22. The van der Waals surface area contributed by atoms with Crippen molar-refractivity contribution >= 4 is 5.69 Å². The summed E-state index contributed by atoms with van der Waals surface area (Å²) in [6.07, 6.45) is 5.83. The van der Waals surface area contributed by atoms with Crippen molar-refractivity contribution in [2.45, 2.75) is 51.7 Å². The van der Waals surface area contributed by atoms with Crippen LogP contribution < -0.4 is 4.90 Å². The topological polar surface area (TPSA) is 45.6 Å². The maximum atomic E-state index is 9.77. The van der Waals surface area contributed by atoms with E-state index in [0.29, 0.717) is 12.5 Å². The molecular weight excluding hydrogens is 252 g/mol. The molecule has 1 aliphatic heterocycles. The highest BCUT2D eigenvalue weighted by atomic mass is 16.5. The van der Waals surface area contributed by atoms with Crippen molar-refractivity contribution in [1.82, 2.24) is 4.98 Å². The molecule has 0 amide bonds. The summed E-state index contributed by atoms with van der Waals surface area (Å²) in [5.74, 6) is 0. The minimum atomic E-state index is -0.453. The Morgan fingerprint density at radius 1 is 1.45 bits per heavy atom. The number of pyridine rings is 1. The number of rotatable bonds is 6. The molecule has 112 valence electrons. The fourth-order valence-corrected chi connectivity index (χ4v) is 2.58. The van der Waals surface area contributed by atoms with E-state index >= 15 is 0 Å². The van der Waals surface area contributed by atoms with Gasteiger partial charge in [0.05, 0.1) is 29.8 Å². The second-order valence-electron chi connectivity index (χ2n) is 5.45. The number of nitrogens with zero attached hydrogens (tertiary/aromatic N) is 2. The average molecular weight is 278 g/mol. The normalized spacial score (nSPS) is 20.9. The zero-order chi connectivity index (χ0) is 14.4. The highest BCUT2D eigenvalue weighted by molar-refractivity contribution is 5.45. The molecule has 1 N–H and O–H groups in total. The zero-order valence-corrected chi connectivity index (χ0v) is 12.6. The van der Waals surface area contributed by atoms with Crippen molar-refractivity contribution in [3.63, 3.8) is 0 Å². The molecule has 2 atom stereocenters. The fourth-order valence-electron chi connectivity index (χ4n) is 2.58. The van der Waals surface area contributed by atoms with Crippen LogP contribution in [0, 0.1) is 0 Å². The van der Waals surface area contributed by atoms with Crippen LogP contribution in [0.3, 0.4) is 0 Å². The predicted octanol–water partition coefficient (Wildman–Crippen LogP) is 2.92. The van der Waals surface area contributed by atoms with E-state index in [4.69, 9.17) is 4.74 Å². The molecular formula is C16H26N2O2. The summed E-state index contributed by atoms with van der Waals surface area (Å²) < 4.78 is 5.86. The van der Waals surface area contributed by atoms with Crippen molar-refractivity contribution in [3.8, 4) is 0 Å². The first-order chi connectivity index (χ1) is 9.74. The first-order valence-corrected chi connectivity index (χ1v) is 7.75. The third-order valence-electron chi connectivity index (χ3n) is 3.80. The van der Waals surface area contributed by atoms with Crippen LogP contribution in [0.25, 0.3) is 0 Å². The van der Waals surface area contributed by atoms with E-state index in [9.17, 15) is 5.11 Å². The lowest BCUT2D eigenvalue weighted by Gasteiger charge is -2.34. The molecule has 0 radical (unpaired) electrons. The molecule has 4 nitrogen and oxygen atoms in total. The molecule has 1 aromatic heterocycles. The Kier molecular flexibility index (Phi) is 5.80. The van der Waals surface area contributed by atoms with E-state index in [2.05, 4.69) is 22.9 Å². The lowest BCUT2D eigenvalue weighted by molar-refractivity contribution is 0.0440. The van der Waals surface area contributed by atoms with Crippen molar-refractivity contribution in [2.24, 2.45) is 0 Å². The van der Waals surface area contributed by atoms with Crippen molar-refractivity contribution in [3.05, 3.63) is 24.0 Å². The largest absolute Gasteiger partial charge is 0.387 e. The molecule has 0 aliphatic carbocycles. The summed E-state index contributed by atoms with van der Waals surface area (Å²) >= 11 is 0. The lowest BCUT2D eigenvalue weighted by Crippen LogP contribution is -2.39. The van der Waals surface area contributed by atoms with Gasteiger partial charge in [0.2, 0.25) is 0 Å². The van der Waals surface area contributed by atoms with Crippen LogP contribution in [-0.2, 0) is 4.74 Å². The number of aliphatic hydroxyl groups is 1. The van der Waals surface area contributed by atoms with Crippen molar-refractivity contribution in [1.29, 1.82) is 0 Å². The SMILES string of the molecule is CCCOC1CCCN(c2ccc(C(O)CC)nc2)C1. The molecule has 2 rings (SSSR count). The highest BCUT2D eigenvalue weighted by Gasteiger charge is 2.20. The summed E-state index contributed by atoms with van der Waals surface area (Å²) in [6.45, 7) is 6.95. The molecule has 4 heteroatoms. The second-order valence-corrected chi connectivity index (χ2v) is 5.45. The van der Waals surface area contributed by atoms with E-state index in [1.54, 1.807) is 0 Å². The molecule has 2 heterocycles. The summed E-state index contributed by atoms with van der Waals surface area (Å²) in [5, 5.41) is 9.77. The molecule has 1 fully saturated rings. The number of hydrogen-bond acceptors (Lipinski definition) is 4. The Labute approximate surface area is 121 Å². The minimum absolute atomic E-state index is 0.338. The molecule has 1 saturated heterocycles. The molecule has 20 heavy (non-hydrogen) atoms. The van der Waals surface area contributed by atoms with Crippen LogP contribution in [-0.4, -0.2) is 35.9 Å². The van der Waals surface area contributed by atoms with Crippen LogP contribution in [0.2, 0.25) is 0 Å². The summed E-state index contributed by atoms with van der Waals surface area (Å²) in [5.41, 5.74) is 1.88. The average Bonchev–Trinajstić information content (AvgIpc) is 2.52. The van der Waals surface area contributed by atoms with E-state index in [0.717, 1.165) is 50.3 Å². The van der Waals surface area contributed by atoms with Crippen LogP contribution in [0.4, 0.5) is 5.69 Å². The van der Waals surface area contributed by atoms with Gasteiger partial charge in [-0.3, -0.25) is 4.98 Å². The van der Waals surface area contributed by atoms with E-state index < -0.39 is 6.10 Å². The first-order valence-electron chi connectivity index (χ1n) is 7.75. The molecule has 0 aromatic carbocycles. The minimum Gasteiger partial charge on any atom is -0.387 e. The van der Waals surface area contributed by atoms with Gasteiger partial charge in [-0.05, 0) is 37.8 Å². The molecule has 0 spiro atoms. The molecule has 0 saturated carbocycles. The van der Waals surface area contributed by atoms with Gasteiger partial charge in [-0.15, -0.1) is 0 Å². The standard InChI is InChI=1S/C16H26N2O2/c1-3-10-20-14-6-5-9-18(12-14)13-7-8-15(17-11-13)16(19)4-2/h7-8,11,14,16,19H,3-6,9-10,12H2,1-2H3. The quantitative estimate of drug-likeness (QED) is 0.869. The van der Waals surface area contributed by atoms with Gasteiger partial charge in [0.25, 0.3) is 0 Å². The van der Waals surface area contributed by atoms with E-state index in [1.807, 2.05) is 19.2 Å². The van der Waals surface area contributed by atoms with Crippen LogP contribution in [0.15, 0.2) is 18.3 Å². The van der Waals surface area contributed by atoms with Gasteiger partial charge in [-0.2, -0.15) is 0 Å². The summed E-state index contributed by atoms with van der Waals surface area (Å²) in [4.78, 5) is 6.71. The van der Waals surface area contributed by atoms with Gasteiger partial charge < -0.3 is 14.7 Å². The summed E-state index contributed by atoms with van der Waals surface area (Å²) in [7, 11) is 0. The van der Waals surface area contributed by atoms with Crippen molar-refractivity contribution < 1.29 is 9.84 Å². The van der Waals surface area contributed by atoms with Crippen molar-refractivity contribution in [2.75, 3.05) is 24.6 Å². The van der Waals surface area contributed by atoms with Gasteiger partial charge in [-0.25, -0.2) is 0 Å². The number of hydrogen-bond donors (Lipinski definition) is 1. The predicted molar refractivity (Wildman–Crippen MR) is 81.0 cm³/mol. The summed E-state index contributed by atoms with van der Waals surface area (Å²) in [6, 6.07) is 3.99. The Morgan fingerprint density at radius 3 is 2.95 bits per heavy atom. The third-order valence-corrected chi connectivity index (χ3v) is 3.80. The molecule has 2 unspecified atom stereocenters. The fraction of sp³-hybridized carbons (Fsp3) is 0.688. The molecule has 1 aromatic rings. The van der Waals surface area contributed by atoms with Crippen LogP contribution in [0.5, 0.6) is 0 Å². The van der Waals surface area contributed by atoms with Crippen LogP contribution in [0.1, 0.15) is 51.3 Å². The Hall–Kier alpha value is -1.13. The maximum absolute atomic E-state index is 9.77. The lowest BCUT2D eigenvalue weighted by atomic mass is 10.1. The Bertz CT molecular complexity index is 394. The van der Waals surface area contributed by atoms with Gasteiger partial charge in [-0.1, -0.05) is 13.8 Å². The first kappa shape index (κ1) is 15.3. The Balaban J connectivity index is 1.96. The van der Waals surface area contributed by atoms with E-state index in [1.165, 1.54) is 0 Å². The van der Waals surface area contributed by atoms with Gasteiger partial charge in [0.1, 0.15) is 0 Å². The number of aromatic nitrogens is 1. The van der Waals surface area contributed by atoms with Gasteiger partial charge in [0, 0.05) is 19.7 Å². The number of aliphatic hydroxyl groups excluding tert-OH is 1. The van der Waals surface area contributed by atoms with Gasteiger partial charge in [0.15, 0.2) is 0 Å². The zero-order valence-electron chi connectivity index (χ0n) is 12.6.